The van der Waals surface area contributed by atoms with Crippen LogP contribution in [0.5, 0.6) is 0 Å². The zero-order valence-electron chi connectivity index (χ0n) is 15.9. The maximum absolute atomic E-state index is 13.1. The second-order valence-corrected chi connectivity index (χ2v) is 6.82. The lowest BCUT2D eigenvalue weighted by Crippen LogP contribution is -2.06. The molecule has 29 heavy (non-hydrogen) atoms. The topological polar surface area (TPSA) is 70.1 Å². The fraction of sp³-hybridized carbons (Fsp3) is 0.130. The third-order valence-corrected chi connectivity index (χ3v) is 4.60. The number of hydrogen-bond acceptors (Lipinski definition) is 5. The first-order valence-electron chi connectivity index (χ1n) is 9.38. The molecule has 1 unspecified atom stereocenters. The van der Waals surface area contributed by atoms with Crippen molar-refractivity contribution < 1.29 is 9.50 Å². The van der Waals surface area contributed by atoms with Crippen LogP contribution in [0.25, 0.3) is 10.9 Å². The molecule has 1 atom stereocenters. The van der Waals surface area contributed by atoms with Crippen molar-refractivity contribution in [3.63, 3.8) is 0 Å². The van der Waals surface area contributed by atoms with Crippen LogP contribution < -0.4 is 10.6 Å². The quantitative estimate of drug-likeness (QED) is 0.425. The summed E-state index contributed by atoms with van der Waals surface area (Å²) in [7, 11) is 0. The lowest BCUT2D eigenvalue weighted by atomic mass is 10.1. The molecule has 6 heteroatoms. The van der Waals surface area contributed by atoms with Gasteiger partial charge in [-0.05, 0) is 54.4 Å². The van der Waals surface area contributed by atoms with Crippen LogP contribution >= 0.6 is 0 Å². The van der Waals surface area contributed by atoms with E-state index in [4.69, 9.17) is 0 Å². The number of nitrogens with one attached hydrogen (secondary N) is 2. The van der Waals surface area contributed by atoms with Crippen molar-refractivity contribution in [1.29, 1.82) is 0 Å². The second-order valence-electron chi connectivity index (χ2n) is 6.82. The van der Waals surface area contributed by atoms with E-state index in [1.54, 1.807) is 19.1 Å². The van der Waals surface area contributed by atoms with E-state index in [-0.39, 0.29) is 5.82 Å². The molecule has 4 aromatic rings. The van der Waals surface area contributed by atoms with Crippen LogP contribution in [0.3, 0.4) is 0 Å². The molecule has 0 aliphatic heterocycles. The maximum atomic E-state index is 13.1. The third-order valence-electron chi connectivity index (χ3n) is 4.60. The highest BCUT2D eigenvalue weighted by atomic mass is 19.1. The molecule has 0 aliphatic rings. The summed E-state index contributed by atoms with van der Waals surface area (Å²) in [6, 6.07) is 21.6. The summed E-state index contributed by atoms with van der Waals surface area (Å²) in [6.07, 6.45) is -0.554. The number of rotatable bonds is 6. The number of aromatic nitrogens is 2. The van der Waals surface area contributed by atoms with Crippen molar-refractivity contribution >= 4 is 28.4 Å². The molecular formula is C23H21FN4O. The molecule has 0 bridgehead atoms. The van der Waals surface area contributed by atoms with Crippen LogP contribution in [0.2, 0.25) is 0 Å². The predicted molar refractivity (Wildman–Crippen MR) is 114 cm³/mol. The molecule has 3 N–H and O–H groups in total. The molecule has 3 aromatic carbocycles. The average molecular weight is 388 g/mol. The smallest absolute Gasteiger partial charge is 0.229 e. The summed E-state index contributed by atoms with van der Waals surface area (Å²) < 4.78 is 13.1. The number of halogens is 1. The molecule has 0 spiro atoms. The van der Waals surface area contributed by atoms with Crippen molar-refractivity contribution in [3.05, 3.63) is 89.7 Å². The van der Waals surface area contributed by atoms with E-state index < -0.39 is 6.10 Å². The summed E-state index contributed by atoms with van der Waals surface area (Å²) in [5, 5.41) is 17.2. The molecule has 146 valence electrons. The Morgan fingerprint density at radius 2 is 1.76 bits per heavy atom. The molecule has 1 heterocycles. The van der Waals surface area contributed by atoms with E-state index in [1.165, 1.54) is 12.1 Å². The average Bonchev–Trinajstić information content (AvgIpc) is 2.73. The van der Waals surface area contributed by atoms with Gasteiger partial charge in [0.1, 0.15) is 11.6 Å². The van der Waals surface area contributed by atoms with E-state index in [9.17, 15) is 9.50 Å². The molecule has 0 saturated heterocycles. The number of para-hydroxylation sites is 1. The first-order chi connectivity index (χ1) is 14.1. The van der Waals surface area contributed by atoms with Gasteiger partial charge in [-0.15, -0.1) is 0 Å². The SMILES string of the molecule is CC(O)c1cccc(Nc2nc(NCc3ccc(F)cc3)c3ccccc3n2)c1. The number of benzene rings is 3. The van der Waals surface area contributed by atoms with Gasteiger partial charge in [-0.1, -0.05) is 36.4 Å². The fourth-order valence-electron chi connectivity index (χ4n) is 3.06. The highest BCUT2D eigenvalue weighted by Gasteiger charge is 2.09. The molecule has 1 aromatic heterocycles. The van der Waals surface area contributed by atoms with Gasteiger partial charge in [0, 0.05) is 17.6 Å². The zero-order chi connectivity index (χ0) is 20.2. The van der Waals surface area contributed by atoms with E-state index in [2.05, 4.69) is 20.6 Å². The Morgan fingerprint density at radius 3 is 2.55 bits per heavy atom. The predicted octanol–water partition coefficient (Wildman–Crippen LogP) is 5.18. The summed E-state index contributed by atoms with van der Waals surface area (Å²) in [6.45, 7) is 2.24. The molecule has 0 radical (unpaired) electrons. The molecule has 5 nitrogen and oxygen atoms in total. The number of fused-ring (bicyclic) bond motifs is 1. The molecule has 0 fully saturated rings. The van der Waals surface area contributed by atoms with E-state index in [0.717, 1.165) is 27.7 Å². The van der Waals surface area contributed by atoms with Gasteiger partial charge in [0.2, 0.25) is 5.95 Å². The van der Waals surface area contributed by atoms with Gasteiger partial charge < -0.3 is 15.7 Å². The minimum absolute atomic E-state index is 0.257. The Kier molecular flexibility index (Phi) is 5.35. The van der Waals surface area contributed by atoms with Crippen molar-refractivity contribution in [2.75, 3.05) is 10.6 Å². The molecule has 0 saturated carbocycles. The minimum atomic E-state index is -0.554. The highest BCUT2D eigenvalue weighted by Crippen LogP contribution is 2.25. The van der Waals surface area contributed by atoms with Crippen LogP contribution in [0.15, 0.2) is 72.8 Å². The molecule has 4 rings (SSSR count). The second kappa shape index (κ2) is 8.24. The lowest BCUT2D eigenvalue weighted by molar-refractivity contribution is 0.199. The largest absolute Gasteiger partial charge is 0.389 e. The summed E-state index contributed by atoms with van der Waals surface area (Å²) >= 11 is 0. The lowest BCUT2D eigenvalue weighted by Gasteiger charge is -2.13. The third kappa shape index (κ3) is 4.50. The van der Waals surface area contributed by atoms with Gasteiger partial charge in [0.05, 0.1) is 11.6 Å². The van der Waals surface area contributed by atoms with Gasteiger partial charge in [0.25, 0.3) is 0 Å². The van der Waals surface area contributed by atoms with Crippen molar-refractivity contribution in [2.45, 2.75) is 19.6 Å². The molecule has 0 aliphatic carbocycles. The Labute approximate surface area is 168 Å². The van der Waals surface area contributed by atoms with Crippen molar-refractivity contribution in [2.24, 2.45) is 0 Å². The summed E-state index contributed by atoms with van der Waals surface area (Å²) in [4.78, 5) is 9.23. The van der Waals surface area contributed by atoms with E-state index >= 15 is 0 Å². The maximum Gasteiger partial charge on any atom is 0.229 e. The first kappa shape index (κ1) is 18.8. The molecular weight excluding hydrogens is 367 g/mol. The van der Waals surface area contributed by atoms with Crippen LogP contribution in [0.4, 0.5) is 21.8 Å². The van der Waals surface area contributed by atoms with Gasteiger partial charge in [0.15, 0.2) is 0 Å². The van der Waals surface area contributed by atoms with Crippen LogP contribution in [-0.4, -0.2) is 15.1 Å². The van der Waals surface area contributed by atoms with Crippen LogP contribution in [-0.2, 0) is 6.54 Å². The number of nitrogens with zero attached hydrogens (tertiary/aromatic N) is 2. The fourth-order valence-corrected chi connectivity index (χ4v) is 3.06. The molecule has 0 amide bonds. The Balaban J connectivity index is 1.63. The number of hydrogen-bond donors (Lipinski definition) is 3. The summed E-state index contributed by atoms with van der Waals surface area (Å²) in [5.74, 6) is 0.884. The van der Waals surface area contributed by atoms with Gasteiger partial charge in [-0.25, -0.2) is 9.37 Å². The van der Waals surface area contributed by atoms with E-state index in [0.29, 0.717) is 18.3 Å². The Hall–Kier alpha value is -3.51. The van der Waals surface area contributed by atoms with Crippen LogP contribution in [0.1, 0.15) is 24.2 Å². The minimum Gasteiger partial charge on any atom is -0.389 e. The van der Waals surface area contributed by atoms with Gasteiger partial charge >= 0.3 is 0 Å². The highest BCUT2D eigenvalue weighted by molar-refractivity contribution is 5.90. The zero-order valence-corrected chi connectivity index (χ0v) is 15.9. The van der Waals surface area contributed by atoms with Gasteiger partial charge in [-0.3, -0.25) is 0 Å². The monoisotopic (exact) mass is 388 g/mol. The summed E-state index contributed by atoms with van der Waals surface area (Å²) in [5.41, 5.74) is 3.36. The van der Waals surface area contributed by atoms with Gasteiger partial charge in [-0.2, -0.15) is 4.98 Å². The van der Waals surface area contributed by atoms with Crippen LogP contribution in [0, 0.1) is 5.82 Å². The normalized spacial score (nSPS) is 12.0. The Bertz CT molecular complexity index is 1130. The Morgan fingerprint density at radius 1 is 0.966 bits per heavy atom. The number of aliphatic hydroxyl groups excluding tert-OH is 1. The standard InChI is InChI=1S/C23H21FN4O/c1-15(29)17-5-4-6-19(13-17)26-23-27-21-8-3-2-7-20(21)22(28-23)25-14-16-9-11-18(24)12-10-16/h2-13,15,29H,14H2,1H3,(H2,25,26,27,28). The number of anilines is 3. The number of aliphatic hydroxyl groups is 1. The van der Waals surface area contributed by atoms with Crippen molar-refractivity contribution in [1.82, 2.24) is 9.97 Å². The first-order valence-corrected chi connectivity index (χ1v) is 9.38. The van der Waals surface area contributed by atoms with Crippen molar-refractivity contribution in [3.8, 4) is 0 Å². The van der Waals surface area contributed by atoms with E-state index in [1.807, 2.05) is 48.5 Å².